The van der Waals surface area contributed by atoms with Crippen LogP contribution in [0.2, 0.25) is 0 Å². The monoisotopic (exact) mass is 485 g/mol. The summed E-state index contributed by atoms with van der Waals surface area (Å²) in [5.41, 5.74) is 8.37. The molecule has 9 heteroatoms. The summed E-state index contributed by atoms with van der Waals surface area (Å²) < 4.78 is 12.6. The van der Waals surface area contributed by atoms with Gasteiger partial charge in [0.15, 0.2) is 5.60 Å². The molecule has 3 N–H and O–H groups in total. The van der Waals surface area contributed by atoms with Crippen molar-refractivity contribution in [1.29, 1.82) is 0 Å². The fourth-order valence-electron chi connectivity index (χ4n) is 4.91. The smallest absolute Gasteiger partial charge is 0.343 e. The number of hydrogen-bond acceptors (Lipinski definition) is 7. The van der Waals surface area contributed by atoms with E-state index in [1.807, 2.05) is 18.2 Å². The number of aliphatic hydroxyl groups is 1. The van der Waals surface area contributed by atoms with Crippen LogP contribution in [0.15, 0.2) is 29.1 Å². The van der Waals surface area contributed by atoms with Crippen molar-refractivity contribution in [3.05, 3.63) is 56.9 Å². The predicted octanol–water partition coefficient (Wildman–Crippen LogP) is 2.79. The van der Waals surface area contributed by atoms with Gasteiger partial charge in [0.25, 0.3) is 5.56 Å². The SMILES string of the molecule is CCc1c2c(nc3ccc(OCCCN)cc13)-c1cc3c(c(=O)n1C2)COC(=O)[C@]3(O)CC.Cl. The first-order valence-corrected chi connectivity index (χ1v) is 11.4. The number of cyclic esters (lactones) is 1. The Kier molecular flexibility index (Phi) is 6.42. The Labute approximate surface area is 203 Å². The van der Waals surface area contributed by atoms with Gasteiger partial charge in [0, 0.05) is 16.5 Å². The van der Waals surface area contributed by atoms with Crippen molar-refractivity contribution in [1.82, 2.24) is 9.55 Å². The van der Waals surface area contributed by atoms with Crippen LogP contribution in [0.5, 0.6) is 5.75 Å². The van der Waals surface area contributed by atoms with Crippen molar-refractivity contribution < 1.29 is 19.4 Å². The van der Waals surface area contributed by atoms with E-state index in [9.17, 15) is 14.7 Å². The summed E-state index contributed by atoms with van der Waals surface area (Å²) in [6, 6.07) is 7.55. The van der Waals surface area contributed by atoms with Crippen LogP contribution in [0.3, 0.4) is 0 Å². The third-order valence-corrected chi connectivity index (χ3v) is 6.75. The molecule has 8 nitrogen and oxygen atoms in total. The molecule has 180 valence electrons. The number of nitrogens with two attached hydrogens (primary N) is 1. The number of nitrogens with zero attached hydrogens (tertiary/aromatic N) is 2. The molecule has 0 saturated carbocycles. The van der Waals surface area contributed by atoms with Gasteiger partial charge in [-0.3, -0.25) is 4.79 Å². The number of aromatic nitrogens is 2. The summed E-state index contributed by atoms with van der Waals surface area (Å²) in [5.74, 6) is 0.0437. The minimum absolute atomic E-state index is 0. The maximum absolute atomic E-state index is 13.4. The van der Waals surface area contributed by atoms with Gasteiger partial charge in [-0.1, -0.05) is 13.8 Å². The number of esters is 1. The Morgan fingerprint density at radius 3 is 2.74 bits per heavy atom. The van der Waals surface area contributed by atoms with Crippen LogP contribution < -0.4 is 16.0 Å². The van der Waals surface area contributed by atoms with Crippen molar-refractivity contribution in [2.24, 2.45) is 5.73 Å². The summed E-state index contributed by atoms with van der Waals surface area (Å²) >= 11 is 0. The Morgan fingerprint density at radius 1 is 1.24 bits per heavy atom. The molecule has 0 unspecified atom stereocenters. The molecule has 1 atom stereocenters. The van der Waals surface area contributed by atoms with Gasteiger partial charge >= 0.3 is 5.97 Å². The van der Waals surface area contributed by atoms with E-state index in [1.54, 1.807) is 17.6 Å². The van der Waals surface area contributed by atoms with Gasteiger partial charge in [-0.15, -0.1) is 12.4 Å². The number of rotatable bonds is 6. The van der Waals surface area contributed by atoms with E-state index in [0.717, 1.165) is 40.6 Å². The molecule has 0 aliphatic carbocycles. The van der Waals surface area contributed by atoms with Crippen LogP contribution >= 0.6 is 12.4 Å². The second-order valence-electron chi connectivity index (χ2n) is 8.54. The molecular weight excluding hydrogens is 458 g/mol. The molecule has 3 aromatic rings. The highest BCUT2D eigenvalue weighted by molar-refractivity contribution is 5.90. The minimum atomic E-state index is -1.83. The summed E-state index contributed by atoms with van der Waals surface area (Å²) in [4.78, 5) is 30.6. The predicted molar refractivity (Wildman–Crippen MR) is 130 cm³/mol. The molecule has 2 aliphatic heterocycles. The van der Waals surface area contributed by atoms with E-state index in [0.29, 0.717) is 42.2 Å². The molecular formula is C25H28ClN3O5. The number of hydrogen-bond donors (Lipinski definition) is 2. The fraction of sp³-hybridized carbons (Fsp3) is 0.400. The van der Waals surface area contributed by atoms with Gasteiger partial charge < -0.3 is 24.9 Å². The Bertz CT molecular complexity index is 1350. The molecule has 2 aliphatic rings. The van der Waals surface area contributed by atoms with E-state index < -0.39 is 11.6 Å². The number of benzene rings is 1. The van der Waals surface area contributed by atoms with Gasteiger partial charge in [-0.2, -0.15) is 0 Å². The van der Waals surface area contributed by atoms with E-state index >= 15 is 0 Å². The lowest BCUT2D eigenvalue weighted by Crippen LogP contribution is -2.44. The van der Waals surface area contributed by atoms with Crippen LogP contribution in [0.1, 0.15) is 48.9 Å². The van der Waals surface area contributed by atoms with E-state index in [2.05, 4.69) is 6.92 Å². The average Bonchev–Trinajstić information content (AvgIpc) is 3.19. The Balaban J connectivity index is 0.00000274. The van der Waals surface area contributed by atoms with E-state index in [-0.39, 0.29) is 31.0 Å². The number of carbonyl (C=O) groups is 1. The first-order valence-electron chi connectivity index (χ1n) is 11.4. The molecule has 2 aromatic heterocycles. The van der Waals surface area contributed by atoms with Crippen molar-refractivity contribution in [2.45, 2.75) is 51.9 Å². The molecule has 0 radical (unpaired) electrons. The highest BCUT2D eigenvalue weighted by atomic mass is 35.5. The van der Waals surface area contributed by atoms with Crippen LogP contribution in [0.25, 0.3) is 22.3 Å². The molecule has 34 heavy (non-hydrogen) atoms. The molecule has 5 rings (SSSR count). The second kappa shape index (κ2) is 9.02. The maximum Gasteiger partial charge on any atom is 0.343 e. The summed E-state index contributed by atoms with van der Waals surface area (Å²) in [6.45, 7) is 5.16. The largest absolute Gasteiger partial charge is 0.494 e. The van der Waals surface area contributed by atoms with Gasteiger partial charge in [-0.05, 0) is 55.6 Å². The molecule has 0 bridgehead atoms. The topological polar surface area (TPSA) is 117 Å². The van der Waals surface area contributed by atoms with Crippen molar-refractivity contribution in [2.75, 3.05) is 13.2 Å². The van der Waals surface area contributed by atoms with E-state index in [1.165, 1.54) is 0 Å². The molecule has 0 saturated heterocycles. The number of carbonyl (C=O) groups excluding carboxylic acids is 1. The van der Waals surface area contributed by atoms with Crippen molar-refractivity contribution >= 4 is 29.3 Å². The van der Waals surface area contributed by atoms with Crippen molar-refractivity contribution in [3.63, 3.8) is 0 Å². The lowest BCUT2D eigenvalue weighted by Gasteiger charge is -2.31. The number of aryl methyl sites for hydroxylation is 1. The Morgan fingerprint density at radius 2 is 2.03 bits per heavy atom. The summed E-state index contributed by atoms with van der Waals surface area (Å²) in [5, 5.41) is 12.0. The zero-order valence-corrected chi connectivity index (χ0v) is 20.0. The number of fused-ring (bicyclic) bond motifs is 5. The molecule has 1 aromatic carbocycles. The Hall–Kier alpha value is -2.94. The highest BCUT2D eigenvalue weighted by Gasteiger charge is 2.45. The zero-order valence-electron chi connectivity index (χ0n) is 19.2. The molecule has 0 amide bonds. The van der Waals surface area contributed by atoms with Gasteiger partial charge in [0.05, 0.1) is 35.6 Å². The number of pyridine rings is 2. The summed E-state index contributed by atoms with van der Waals surface area (Å²) in [7, 11) is 0. The average molecular weight is 486 g/mol. The lowest BCUT2D eigenvalue weighted by atomic mass is 9.86. The molecule has 0 spiro atoms. The second-order valence-corrected chi connectivity index (χ2v) is 8.54. The first kappa shape index (κ1) is 24.2. The van der Waals surface area contributed by atoms with Gasteiger partial charge in [-0.25, -0.2) is 9.78 Å². The van der Waals surface area contributed by atoms with Crippen LogP contribution in [-0.2, 0) is 34.7 Å². The first-order chi connectivity index (χ1) is 15.9. The number of ether oxygens (including phenoxy) is 2. The van der Waals surface area contributed by atoms with Crippen molar-refractivity contribution in [3.8, 4) is 17.1 Å². The van der Waals surface area contributed by atoms with Crippen LogP contribution in [0, 0.1) is 0 Å². The lowest BCUT2D eigenvalue weighted by molar-refractivity contribution is -0.172. The quantitative estimate of drug-likeness (QED) is 0.318. The minimum Gasteiger partial charge on any atom is -0.494 e. The van der Waals surface area contributed by atoms with Gasteiger partial charge in [0.1, 0.15) is 12.4 Å². The molecule has 0 fully saturated rings. The molecule has 4 heterocycles. The normalized spacial score (nSPS) is 18.1. The van der Waals surface area contributed by atoms with Crippen LogP contribution in [-0.4, -0.2) is 33.8 Å². The van der Waals surface area contributed by atoms with Gasteiger partial charge in [0.2, 0.25) is 0 Å². The fourth-order valence-corrected chi connectivity index (χ4v) is 4.91. The third-order valence-electron chi connectivity index (χ3n) is 6.75. The standard InChI is InChI=1S/C25H27N3O5.ClH/c1-3-15-16-10-14(32-9-5-8-26)6-7-20(16)27-22-17(15)12-28-21(22)11-19-18(23(28)29)13-33-24(30)25(19,31)4-2;/h6-7,10-11,31H,3-5,8-9,12-13,26H2,1-2H3;1H/t25-;/m0./s1. The third kappa shape index (κ3) is 3.48. The number of halogens is 1. The summed E-state index contributed by atoms with van der Waals surface area (Å²) in [6.07, 6.45) is 1.66. The maximum atomic E-state index is 13.4. The zero-order chi connectivity index (χ0) is 23.3. The highest BCUT2D eigenvalue weighted by Crippen LogP contribution is 2.40. The van der Waals surface area contributed by atoms with E-state index in [4.69, 9.17) is 20.2 Å². The van der Waals surface area contributed by atoms with Crippen LogP contribution in [0.4, 0.5) is 0 Å².